The first-order valence-electron chi connectivity index (χ1n) is 7.89. The molecule has 1 amide bonds. The lowest BCUT2D eigenvalue weighted by Crippen LogP contribution is -2.20. The zero-order valence-corrected chi connectivity index (χ0v) is 14.7. The highest BCUT2D eigenvalue weighted by Gasteiger charge is 2.30. The second-order valence-corrected chi connectivity index (χ2v) is 6.51. The molecule has 3 aromatic rings. The molecule has 0 saturated heterocycles. The van der Waals surface area contributed by atoms with Crippen LogP contribution in [0.15, 0.2) is 54.6 Å². The molecule has 0 unspecified atom stereocenters. The number of nitrogens with one attached hydrogen (secondary N) is 1. The van der Waals surface area contributed by atoms with E-state index < -0.39 is 11.7 Å². The number of halogens is 3. The number of amides is 1. The molecule has 1 N–H and O–H groups in total. The van der Waals surface area contributed by atoms with E-state index in [-0.39, 0.29) is 18.0 Å². The molecule has 1 aromatic heterocycles. The van der Waals surface area contributed by atoms with E-state index in [2.05, 4.69) is 22.1 Å². The fourth-order valence-corrected chi connectivity index (χ4v) is 3.09. The Bertz CT molecular complexity index is 1030. The molecule has 27 heavy (non-hydrogen) atoms. The zero-order chi connectivity index (χ0) is 19.3. The summed E-state index contributed by atoms with van der Waals surface area (Å²) in [5.74, 6) is 4.89. The molecule has 0 aliphatic rings. The van der Waals surface area contributed by atoms with Crippen LogP contribution in [0.5, 0.6) is 0 Å². The van der Waals surface area contributed by atoms with Crippen LogP contribution in [0.3, 0.4) is 0 Å². The third kappa shape index (κ3) is 5.19. The second kappa shape index (κ2) is 8.06. The van der Waals surface area contributed by atoms with E-state index in [9.17, 15) is 18.0 Å². The molecule has 7 heteroatoms. The van der Waals surface area contributed by atoms with Gasteiger partial charge in [0.05, 0.1) is 22.3 Å². The van der Waals surface area contributed by atoms with Gasteiger partial charge in [0.2, 0.25) is 5.91 Å². The summed E-state index contributed by atoms with van der Waals surface area (Å²) < 4.78 is 38.9. The number of para-hydroxylation sites is 1. The van der Waals surface area contributed by atoms with Crippen LogP contribution in [0, 0.1) is 11.8 Å². The van der Waals surface area contributed by atoms with Crippen LogP contribution in [0.1, 0.15) is 16.1 Å². The monoisotopic (exact) mass is 386 g/mol. The van der Waals surface area contributed by atoms with Crippen LogP contribution in [-0.2, 0) is 11.0 Å². The van der Waals surface area contributed by atoms with Crippen molar-refractivity contribution in [3.8, 4) is 11.8 Å². The van der Waals surface area contributed by atoms with Gasteiger partial charge in [-0.25, -0.2) is 4.98 Å². The Hall–Kier alpha value is -3.11. The van der Waals surface area contributed by atoms with Gasteiger partial charge in [-0.15, -0.1) is 11.3 Å². The van der Waals surface area contributed by atoms with Gasteiger partial charge in [0.1, 0.15) is 5.01 Å². The maximum absolute atomic E-state index is 12.6. The fraction of sp³-hybridized carbons (Fsp3) is 0.100. The zero-order valence-electron chi connectivity index (χ0n) is 13.9. The minimum atomic E-state index is -4.41. The van der Waals surface area contributed by atoms with E-state index in [4.69, 9.17) is 0 Å². The molecule has 0 aliphatic carbocycles. The smallest absolute Gasteiger partial charge is 0.342 e. The predicted octanol–water partition coefficient (Wildman–Crippen LogP) is 4.50. The number of rotatable bonds is 3. The number of fused-ring (bicyclic) bond motifs is 1. The molecule has 0 saturated carbocycles. The maximum Gasteiger partial charge on any atom is 0.416 e. The van der Waals surface area contributed by atoms with E-state index in [0.717, 1.165) is 22.3 Å². The lowest BCUT2D eigenvalue weighted by Gasteiger charge is -2.05. The van der Waals surface area contributed by atoms with Gasteiger partial charge in [0.15, 0.2) is 0 Å². The number of benzene rings is 2. The molecule has 2 aromatic carbocycles. The molecule has 0 aliphatic heterocycles. The number of hydrogen-bond acceptors (Lipinski definition) is 3. The van der Waals surface area contributed by atoms with Crippen molar-refractivity contribution in [3.63, 3.8) is 0 Å². The summed E-state index contributed by atoms with van der Waals surface area (Å²) in [4.78, 5) is 16.2. The number of thiazole rings is 1. The average molecular weight is 386 g/mol. The van der Waals surface area contributed by atoms with Crippen molar-refractivity contribution < 1.29 is 18.0 Å². The summed E-state index contributed by atoms with van der Waals surface area (Å²) >= 11 is 1.47. The minimum Gasteiger partial charge on any atom is -0.342 e. The van der Waals surface area contributed by atoms with Gasteiger partial charge >= 0.3 is 6.18 Å². The van der Waals surface area contributed by atoms with Crippen LogP contribution >= 0.6 is 11.3 Å². The number of hydrogen-bond donors (Lipinski definition) is 1. The Morgan fingerprint density at radius 1 is 1.19 bits per heavy atom. The van der Waals surface area contributed by atoms with Crippen molar-refractivity contribution in [1.29, 1.82) is 0 Å². The Morgan fingerprint density at radius 3 is 2.78 bits per heavy atom. The van der Waals surface area contributed by atoms with E-state index in [0.29, 0.717) is 5.01 Å². The summed E-state index contributed by atoms with van der Waals surface area (Å²) in [5.41, 5.74) is 0.357. The summed E-state index contributed by atoms with van der Waals surface area (Å²) in [6.45, 7) is 0.0270. The van der Waals surface area contributed by atoms with E-state index in [1.54, 1.807) is 6.08 Å². The van der Waals surface area contributed by atoms with Crippen LogP contribution in [-0.4, -0.2) is 17.4 Å². The number of alkyl halides is 3. The summed E-state index contributed by atoms with van der Waals surface area (Å²) in [7, 11) is 0. The van der Waals surface area contributed by atoms with Crippen molar-refractivity contribution in [2.45, 2.75) is 6.18 Å². The number of nitrogens with zero attached hydrogens (tertiary/aromatic N) is 1. The standard InChI is InChI=1S/C20H13F3N2OS/c21-20(22,23)15-7-3-5-14(13-15)6-4-12-24-18(26)10-11-19-25-16-8-1-2-9-17(16)27-19/h1-3,5,7-11,13H,12H2,(H,24,26)/b11-10+. The van der Waals surface area contributed by atoms with Crippen molar-refractivity contribution in [1.82, 2.24) is 10.3 Å². The lowest BCUT2D eigenvalue weighted by molar-refractivity contribution is -0.137. The van der Waals surface area contributed by atoms with E-state index >= 15 is 0 Å². The Labute approximate surface area is 157 Å². The normalized spacial score (nSPS) is 11.4. The Balaban J connectivity index is 1.55. The summed E-state index contributed by atoms with van der Waals surface area (Å²) in [5, 5.41) is 3.27. The van der Waals surface area contributed by atoms with Crippen molar-refractivity contribution >= 4 is 33.5 Å². The lowest BCUT2D eigenvalue weighted by atomic mass is 10.1. The largest absolute Gasteiger partial charge is 0.416 e. The molecular weight excluding hydrogens is 373 g/mol. The van der Waals surface area contributed by atoms with Gasteiger partial charge in [-0.2, -0.15) is 13.2 Å². The highest BCUT2D eigenvalue weighted by atomic mass is 32.1. The fourth-order valence-electron chi connectivity index (χ4n) is 2.22. The van der Waals surface area contributed by atoms with E-state index in [1.807, 2.05) is 24.3 Å². The van der Waals surface area contributed by atoms with Crippen molar-refractivity contribution in [2.24, 2.45) is 0 Å². The number of aromatic nitrogens is 1. The summed E-state index contributed by atoms with van der Waals surface area (Å²) in [6.07, 6.45) is -1.44. The van der Waals surface area contributed by atoms with Gasteiger partial charge in [-0.1, -0.05) is 30.0 Å². The third-order valence-corrected chi connectivity index (χ3v) is 4.46. The van der Waals surface area contributed by atoms with Gasteiger partial charge in [0.25, 0.3) is 0 Å². The third-order valence-electron chi connectivity index (χ3n) is 3.46. The first-order valence-corrected chi connectivity index (χ1v) is 8.71. The first-order chi connectivity index (χ1) is 12.9. The molecule has 0 radical (unpaired) electrons. The SMILES string of the molecule is O=C(/C=C/c1nc2ccccc2s1)NCC#Cc1cccc(C(F)(F)F)c1. The molecule has 3 rings (SSSR count). The van der Waals surface area contributed by atoms with Crippen LogP contribution in [0.25, 0.3) is 16.3 Å². The molecule has 0 atom stereocenters. The average Bonchev–Trinajstić information content (AvgIpc) is 3.06. The molecule has 1 heterocycles. The van der Waals surface area contributed by atoms with Crippen molar-refractivity contribution in [3.05, 3.63) is 70.7 Å². The molecule has 0 spiro atoms. The van der Waals surface area contributed by atoms with Crippen LogP contribution in [0.4, 0.5) is 13.2 Å². The molecule has 0 bridgehead atoms. The van der Waals surface area contributed by atoms with Crippen LogP contribution < -0.4 is 5.32 Å². The quantitative estimate of drug-likeness (QED) is 0.532. The maximum atomic E-state index is 12.6. The van der Waals surface area contributed by atoms with Gasteiger partial charge in [-0.3, -0.25) is 4.79 Å². The highest BCUT2D eigenvalue weighted by molar-refractivity contribution is 7.19. The molecule has 136 valence electrons. The van der Waals surface area contributed by atoms with E-state index in [1.165, 1.54) is 29.5 Å². The number of carbonyl (C=O) groups excluding carboxylic acids is 1. The Kier molecular flexibility index (Phi) is 5.57. The Morgan fingerprint density at radius 2 is 2.00 bits per heavy atom. The first kappa shape index (κ1) is 18.7. The van der Waals surface area contributed by atoms with Gasteiger partial charge in [0, 0.05) is 11.6 Å². The summed E-state index contributed by atoms with van der Waals surface area (Å²) in [6, 6.07) is 12.4. The van der Waals surface area contributed by atoms with Gasteiger partial charge < -0.3 is 5.32 Å². The molecular formula is C20H13F3N2OS. The molecule has 3 nitrogen and oxygen atoms in total. The van der Waals surface area contributed by atoms with Crippen LogP contribution in [0.2, 0.25) is 0 Å². The van der Waals surface area contributed by atoms with Gasteiger partial charge in [-0.05, 0) is 36.4 Å². The second-order valence-electron chi connectivity index (χ2n) is 5.45. The highest BCUT2D eigenvalue weighted by Crippen LogP contribution is 2.29. The predicted molar refractivity (Wildman–Crippen MR) is 100.0 cm³/mol. The minimum absolute atomic E-state index is 0.0270. The topological polar surface area (TPSA) is 42.0 Å². The molecule has 0 fully saturated rings. The number of carbonyl (C=O) groups is 1. The van der Waals surface area contributed by atoms with Crippen molar-refractivity contribution in [2.75, 3.05) is 6.54 Å².